The Morgan fingerprint density at radius 3 is 1.91 bits per heavy atom. The number of fused-ring (bicyclic) bond motifs is 3. The molecule has 1 aliphatic rings. The molecule has 45 heavy (non-hydrogen) atoms. The van der Waals surface area contributed by atoms with Gasteiger partial charge in [0.2, 0.25) is 5.91 Å². The van der Waals surface area contributed by atoms with E-state index in [4.69, 9.17) is 33.9 Å². The Morgan fingerprint density at radius 2 is 1.33 bits per heavy atom. The Kier molecular flexibility index (Phi) is 15.6. The SMILES string of the molecule is O=C(N[C@H](CO)C(=O)NCCOC(CO)OC(O)CCOC(CO)OC(CO)CO)OCC1c2ccccc2-c2ccccc21. The number of alkyl carbamates (subject to hydrolysis) is 1. The molecule has 0 bridgehead atoms. The number of hydrogen-bond acceptors (Lipinski definition) is 13. The highest BCUT2D eigenvalue weighted by atomic mass is 16.7. The molecular formula is C30H42N2O13. The second-order valence-corrected chi connectivity index (χ2v) is 9.96. The average Bonchev–Trinajstić information content (AvgIpc) is 3.38. The molecule has 0 saturated heterocycles. The van der Waals surface area contributed by atoms with Gasteiger partial charge >= 0.3 is 6.09 Å². The predicted molar refractivity (Wildman–Crippen MR) is 156 cm³/mol. The molecule has 0 radical (unpaired) electrons. The van der Waals surface area contributed by atoms with Gasteiger partial charge in [-0.2, -0.15) is 0 Å². The van der Waals surface area contributed by atoms with Crippen LogP contribution in [0.2, 0.25) is 0 Å². The van der Waals surface area contributed by atoms with Crippen LogP contribution in [0.25, 0.3) is 11.1 Å². The van der Waals surface area contributed by atoms with Gasteiger partial charge in [0.15, 0.2) is 18.9 Å². The fourth-order valence-electron chi connectivity index (χ4n) is 4.64. The molecule has 0 heterocycles. The third-order valence-corrected chi connectivity index (χ3v) is 6.87. The third-order valence-electron chi connectivity index (χ3n) is 6.87. The Morgan fingerprint density at radius 1 is 0.756 bits per heavy atom. The molecule has 3 unspecified atom stereocenters. The van der Waals surface area contributed by atoms with Crippen LogP contribution in [0.5, 0.6) is 0 Å². The van der Waals surface area contributed by atoms with Gasteiger partial charge in [0.25, 0.3) is 0 Å². The number of ether oxygens (including phenoxy) is 5. The number of amides is 2. The summed E-state index contributed by atoms with van der Waals surface area (Å²) in [5.74, 6) is -0.865. The number of aliphatic hydroxyl groups is 6. The van der Waals surface area contributed by atoms with Crippen LogP contribution in [0.3, 0.4) is 0 Å². The van der Waals surface area contributed by atoms with Crippen molar-refractivity contribution in [3.05, 3.63) is 59.7 Å². The highest BCUT2D eigenvalue weighted by molar-refractivity contribution is 5.85. The summed E-state index contributed by atoms with van der Waals surface area (Å²) in [6.07, 6.45) is -5.72. The molecular weight excluding hydrogens is 596 g/mol. The lowest BCUT2D eigenvalue weighted by Gasteiger charge is -2.23. The summed E-state index contributed by atoms with van der Waals surface area (Å²) < 4.78 is 26.3. The van der Waals surface area contributed by atoms with E-state index in [0.717, 1.165) is 22.3 Å². The van der Waals surface area contributed by atoms with E-state index < -0.39 is 76.1 Å². The number of hydrogen-bond donors (Lipinski definition) is 8. The number of rotatable bonds is 21. The molecule has 2 aromatic carbocycles. The number of aliphatic hydroxyl groups excluding tert-OH is 6. The molecule has 250 valence electrons. The highest BCUT2D eigenvalue weighted by Gasteiger charge is 2.30. The molecule has 0 aromatic heterocycles. The molecule has 15 heteroatoms. The van der Waals surface area contributed by atoms with E-state index in [0.29, 0.717) is 0 Å². The van der Waals surface area contributed by atoms with Gasteiger partial charge in [-0.05, 0) is 22.3 Å². The first-order chi connectivity index (χ1) is 21.8. The monoisotopic (exact) mass is 638 g/mol. The zero-order valence-electron chi connectivity index (χ0n) is 24.7. The minimum atomic E-state index is -1.43. The molecule has 8 N–H and O–H groups in total. The lowest BCUT2D eigenvalue weighted by molar-refractivity contribution is -0.250. The van der Waals surface area contributed by atoms with Gasteiger partial charge in [0, 0.05) is 18.9 Å². The minimum absolute atomic E-state index is 0.0394. The Hall–Kier alpha value is -3.22. The van der Waals surface area contributed by atoms with E-state index in [1.165, 1.54) is 0 Å². The molecule has 3 rings (SSSR count). The van der Waals surface area contributed by atoms with Gasteiger partial charge in [-0.15, -0.1) is 0 Å². The van der Waals surface area contributed by atoms with Gasteiger partial charge in [-0.1, -0.05) is 48.5 Å². The second kappa shape index (κ2) is 19.3. The summed E-state index contributed by atoms with van der Waals surface area (Å²) in [4.78, 5) is 25.0. The molecule has 0 saturated carbocycles. The number of carbonyl (C=O) groups is 2. The molecule has 0 spiro atoms. The number of carbonyl (C=O) groups excluding carboxylic acids is 2. The Balaban J connectivity index is 1.34. The zero-order valence-corrected chi connectivity index (χ0v) is 24.7. The molecule has 2 amide bonds. The van der Waals surface area contributed by atoms with Crippen LogP contribution in [-0.2, 0) is 28.5 Å². The van der Waals surface area contributed by atoms with E-state index in [2.05, 4.69) is 10.6 Å². The lowest BCUT2D eigenvalue weighted by atomic mass is 9.98. The topological polar surface area (TPSA) is 226 Å². The highest BCUT2D eigenvalue weighted by Crippen LogP contribution is 2.44. The number of nitrogens with one attached hydrogen (secondary N) is 2. The van der Waals surface area contributed by atoms with Gasteiger partial charge in [0.05, 0.1) is 46.2 Å². The maximum atomic E-state index is 12.5. The quantitative estimate of drug-likeness (QED) is 0.0593. The first-order valence-corrected chi connectivity index (χ1v) is 14.5. The van der Waals surface area contributed by atoms with Crippen LogP contribution in [-0.4, -0.2) is 133 Å². The summed E-state index contributed by atoms with van der Waals surface area (Å²) in [5.41, 5.74) is 4.21. The fourth-order valence-corrected chi connectivity index (χ4v) is 4.64. The summed E-state index contributed by atoms with van der Waals surface area (Å²) >= 11 is 0. The summed E-state index contributed by atoms with van der Waals surface area (Å²) in [6, 6.07) is 14.4. The summed E-state index contributed by atoms with van der Waals surface area (Å²) in [7, 11) is 0. The molecule has 2 aromatic rings. The standard InChI is InChI=1S/C30H42N2O13/c33-13-19(14-34)44-27(16-36)41-11-9-26(38)45-28(17-37)42-12-10-31-29(39)25(15-35)32-30(40)43-18-24-22-7-3-1-5-20(22)21-6-2-4-8-23(21)24/h1-8,19,24-28,33-38H,9-18H2,(H,31,39)(H,32,40)/t25-,26?,27?,28?/m1/s1. The van der Waals surface area contributed by atoms with Crippen molar-refractivity contribution < 1.29 is 63.9 Å². The number of benzene rings is 2. The van der Waals surface area contributed by atoms with E-state index in [-0.39, 0.29) is 38.7 Å². The van der Waals surface area contributed by atoms with Crippen LogP contribution in [0.4, 0.5) is 4.79 Å². The van der Waals surface area contributed by atoms with E-state index in [9.17, 15) is 30.0 Å². The maximum Gasteiger partial charge on any atom is 0.407 e. The zero-order chi connectivity index (χ0) is 32.6. The van der Waals surface area contributed by atoms with Crippen LogP contribution in [0.15, 0.2) is 48.5 Å². The first kappa shape index (κ1) is 36.3. The fraction of sp³-hybridized carbons (Fsp3) is 0.533. The molecule has 1 aliphatic carbocycles. The van der Waals surface area contributed by atoms with Crippen molar-refractivity contribution in [1.82, 2.24) is 10.6 Å². The smallest absolute Gasteiger partial charge is 0.407 e. The van der Waals surface area contributed by atoms with Gasteiger partial charge in [-0.25, -0.2) is 4.79 Å². The van der Waals surface area contributed by atoms with Crippen LogP contribution in [0, 0.1) is 0 Å². The van der Waals surface area contributed by atoms with Gasteiger partial charge in [0.1, 0.15) is 18.8 Å². The largest absolute Gasteiger partial charge is 0.449 e. The summed E-state index contributed by atoms with van der Waals surface area (Å²) in [5, 5.41) is 61.3. The van der Waals surface area contributed by atoms with Crippen molar-refractivity contribution in [3.63, 3.8) is 0 Å². The predicted octanol–water partition coefficient (Wildman–Crippen LogP) is -1.23. The van der Waals surface area contributed by atoms with Gasteiger partial charge in [-0.3, -0.25) is 4.79 Å². The van der Waals surface area contributed by atoms with E-state index in [1.54, 1.807) is 0 Å². The molecule has 0 fully saturated rings. The molecule has 15 nitrogen and oxygen atoms in total. The summed E-state index contributed by atoms with van der Waals surface area (Å²) in [6.45, 7) is -3.13. The van der Waals surface area contributed by atoms with Crippen molar-refractivity contribution in [2.45, 2.75) is 43.4 Å². The normalized spacial score (nSPS) is 15.2. The van der Waals surface area contributed by atoms with Gasteiger partial charge < -0.3 is 65.0 Å². The third kappa shape index (κ3) is 11.0. The average molecular weight is 639 g/mol. The van der Waals surface area contributed by atoms with Crippen molar-refractivity contribution >= 4 is 12.0 Å². The van der Waals surface area contributed by atoms with Crippen LogP contribution >= 0.6 is 0 Å². The van der Waals surface area contributed by atoms with Crippen molar-refractivity contribution in [2.75, 3.05) is 59.4 Å². The maximum absolute atomic E-state index is 12.5. The lowest BCUT2D eigenvalue weighted by Crippen LogP contribution is -2.50. The van der Waals surface area contributed by atoms with Crippen molar-refractivity contribution in [2.24, 2.45) is 0 Å². The second-order valence-electron chi connectivity index (χ2n) is 9.96. The molecule has 0 aliphatic heterocycles. The Labute approximate surface area is 260 Å². The van der Waals surface area contributed by atoms with Crippen LogP contribution in [0.1, 0.15) is 23.5 Å². The van der Waals surface area contributed by atoms with E-state index >= 15 is 0 Å². The minimum Gasteiger partial charge on any atom is -0.449 e. The van der Waals surface area contributed by atoms with Crippen molar-refractivity contribution in [3.8, 4) is 11.1 Å². The van der Waals surface area contributed by atoms with Crippen LogP contribution < -0.4 is 10.6 Å². The van der Waals surface area contributed by atoms with Crippen molar-refractivity contribution in [1.29, 1.82) is 0 Å². The first-order valence-electron chi connectivity index (χ1n) is 14.5. The Bertz CT molecular complexity index is 1140. The molecule has 4 atom stereocenters. The van der Waals surface area contributed by atoms with E-state index in [1.807, 2.05) is 48.5 Å².